The van der Waals surface area contributed by atoms with E-state index in [2.05, 4.69) is 0 Å². The standard InChI is InChI=1S/C11H19NO2/c13-9-11-6-3-1-2-5-10(14)12(11)8-4-7-11/h13H,1-9H2. The summed E-state index contributed by atoms with van der Waals surface area (Å²) in [5.41, 5.74) is -0.183. The molecular weight excluding hydrogens is 178 g/mol. The summed E-state index contributed by atoms with van der Waals surface area (Å²) in [5, 5.41) is 9.49. The lowest BCUT2D eigenvalue weighted by atomic mass is 9.88. The van der Waals surface area contributed by atoms with Gasteiger partial charge in [-0.3, -0.25) is 4.79 Å². The van der Waals surface area contributed by atoms with Crippen molar-refractivity contribution in [3.63, 3.8) is 0 Å². The number of hydrogen-bond donors (Lipinski definition) is 1. The fourth-order valence-corrected chi connectivity index (χ4v) is 2.87. The SMILES string of the molecule is O=C1CCCCCC2(CO)CCCN12. The van der Waals surface area contributed by atoms with Gasteiger partial charge < -0.3 is 10.0 Å². The summed E-state index contributed by atoms with van der Waals surface area (Å²) in [7, 11) is 0. The highest BCUT2D eigenvalue weighted by molar-refractivity contribution is 5.77. The van der Waals surface area contributed by atoms with Crippen LogP contribution in [0, 0.1) is 0 Å². The molecule has 0 saturated carbocycles. The number of aliphatic hydroxyl groups is 1. The highest BCUT2D eigenvalue weighted by Gasteiger charge is 2.42. The summed E-state index contributed by atoms with van der Waals surface area (Å²) >= 11 is 0. The third kappa shape index (κ3) is 1.54. The van der Waals surface area contributed by atoms with E-state index in [-0.39, 0.29) is 18.1 Å². The molecule has 2 saturated heterocycles. The summed E-state index contributed by atoms with van der Waals surface area (Å²) in [6, 6.07) is 0. The monoisotopic (exact) mass is 197 g/mol. The highest BCUT2D eigenvalue weighted by atomic mass is 16.3. The molecule has 14 heavy (non-hydrogen) atoms. The summed E-state index contributed by atoms with van der Waals surface area (Å²) in [4.78, 5) is 13.8. The van der Waals surface area contributed by atoms with E-state index in [4.69, 9.17) is 0 Å². The average molecular weight is 197 g/mol. The first-order valence-electron chi connectivity index (χ1n) is 5.70. The molecule has 0 aromatic heterocycles. The largest absolute Gasteiger partial charge is 0.394 e. The molecule has 3 nitrogen and oxygen atoms in total. The molecule has 0 aliphatic carbocycles. The van der Waals surface area contributed by atoms with Crippen LogP contribution in [0.15, 0.2) is 0 Å². The van der Waals surface area contributed by atoms with Crippen LogP contribution in [-0.4, -0.2) is 34.6 Å². The van der Waals surface area contributed by atoms with Gasteiger partial charge in [0, 0.05) is 13.0 Å². The van der Waals surface area contributed by atoms with Crippen LogP contribution in [0.5, 0.6) is 0 Å². The van der Waals surface area contributed by atoms with Gasteiger partial charge in [-0.25, -0.2) is 0 Å². The zero-order chi connectivity index (χ0) is 10.0. The summed E-state index contributed by atoms with van der Waals surface area (Å²) < 4.78 is 0. The van der Waals surface area contributed by atoms with Crippen molar-refractivity contribution in [2.24, 2.45) is 0 Å². The predicted octanol–water partition coefficient (Wildman–Crippen LogP) is 1.30. The lowest BCUT2D eigenvalue weighted by Gasteiger charge is -2.38. The molecular formula is C11H19NO2. The maximum absolute atomic E-state index is 11.8. The number of carbonyl (C=O) groups excluding carboxylic acids is 1. The quantitative estimate of drug-likeness (QED) is 0.688. The van der Waals surface area contributed by atoms with Crippen LogP contribution in [0.1, 0.15) is 44.9 Å². The van der Waals surface area contributed by atoms with Crippen LogP contribution >= 0.6 is 0 Å². The smallest absolute Gasteiger partial charge is 0.223 e. The minimum Gasteiger partial charge on any atom is -0.394 e. The molecule has 0 spiro atoms. The van der Waals surface area contributed by atoms with Gasteiger partial charge in [0.25, 0.3) is 0 Å². The van der Waals surface area contributed by atoms with Crippen molar-refractivity contribution in [2.45, 2.75) is 50.5 Å². The molecule has 1 N–H and O–H groups in total. The fourth-order valence-electron chi connectivity index (χ4n) is 2.87. The number of nitrogens with zero attached hydrogens (tertiary/aromatic N) is 1. The molecule has 2 heterocycles. The second-order valence-corrected chi connectivity index (χ2v) is 4.59. The summed E-state index contributed by atoms with van der Waals surface area (Å²) in [5.74, 6) is 0.260. The third-order valence-corrected chi connectivity index (χ3v) is 3.72. The lowest BCUT2D eigenvalue weighted by Crippen LogP contribution is -2.50. The number of carbonyl (C=O) groups is 1. The van der Waals surface area contributed by atoms with Gasteiger partial charge in [0.1, 0.15) is 0 Å². The van der Waals surface area contributed by atoms with Crippen molar-refractivity contribution in [3.05, 3.63) is 0 Å². The lowest BCUT2D eigenvalue weighted by molar-refractivity contribution is -0.138. The van der Waals surface area contributed by atoms with Crippen molar-refractivity contribution in [3.8, 4) is 0 Å². The van der Waals surface area contributed by atoms with Crippen LogP contribution in [-0.2, 0) is 4.79 Å². The van der Waals surface area contributed by atoms with E-state index in [0.29, 0.717) is 6.42 Å². The van der Waals surface area contributed by atoms with Gasteiger partial charge in [-0.05, 0) is 25.7 Å². The molecule has 2 aliphatic heterocycles. The third-order valence-electron chi connectivity index (χ3n) is 3.72. The molecule has 2 fully saturated rings. The Bertz CT molecular complexity index is 229. The molecule has 0 aromatic rings. The molecule has 0 radical (unpaired) electrons. The average Bonchev–Trinajstić information content (AvgIpc) is 2.58. The van der Waals surface area contributed by atoms with Crippen LogP contribution in [0.4, 0.5) is 0 Å². The van der Waals surface area contributed by atoms with E-state index in [0.717, 1.165) is 45.1 Å². The minimum absolute atomic E-state index is 0.152. The Balaban J connectivity index is 2.18. The summed E-state index contributed by atoms with van der Waals surface area (Å²) in [6.07, 6.45) is 7.06. The Morgan fingerprint density at radius 2 is 2.00 bits per heavy atom. The molecule has 1 unspecified atom stereocenters. The minimum atomic E-state index is -0.183. The molecule has 0 aromatic carbocycles. The molecule has 3 heteroatoms. The molecule has 2 rings (SSSR count). The number of aliphatic hydroxyl groups excluding tert-OH is 1. The Morgan fingerprint density at radius 1 is 1.21 bits per heavy atom. The van der Waals surface area contributed by atoms with Gasteiger partial charge in [-0.2, -0.15) is 0 Å². The van der Waals surface area contributed by atoms with E-state index in [1.807, 2.05) is 4.90 Å². The predicted molar refractivity (Wildman–Crippen MR) is 53.8 cm³/mol. The van der Waals surface area contributed by atoms with Crippen LogP contribution in [0.3, 0.4) is 0 Å². The van der Waals surface area contributed by atoms with Gasteiger partial charge in [0.15, 0.2) is 0 Å². The maximum Gasteiger partial charge on any atom is 0.223 e. The Kier molecular flexibility index (Phi) is 2.77. The van der Waals surface area contributed by atoms with Crippen LogP contribution in [0.25, 0.3) is 0 Å². The molecule has 1 amide bonds. The molecule has 80 valence electrons. The van der Waals surface area contributed by atoms with Gasteiger partial charge >= 0.3 is 0 Å². The van der Waals surface area contributed by atoms with Crippen molar-refractivity contribution in [2.75, 3.05) is 13.2 Å². The van der Waals surface area contributed by atoms with E-state index in [9.17, 15) is 9.90 Å². The van der Waals surface area contributed by atoms with Crippen molar-refractivity contribution >= 4 is 5.91 Å². The number of rotatable bonds is 1. The number of fused-ring (bicyclic) bond motifs is 1. The van der Waals surface area contributed by atoms with Gasteiger partial charge in [-0.1, -0.05) is 12.8 Å². The van der Waals surface area contributed by atoms with E-state index in [1.165, 1.54) is 0 Å². The van der Waals surface area contributed by atoms with Gasteiger partial charge in [0.05, 0.1) is 12.1 Å². The number of amides is 1. The summed E-state index contributed by atoms with van der Waals surface area (Å²) in [6.45, 7) is 1.01. The number of hydrogen-bond acceptors (Lipinski definition) is 2. The Morgan fingerprint density at radius 3 is 2.79 bits per heavy atom. The first kappa shape index (κ1) is 9.97. The first-order valence-corrected chi connectivity index (χ1v) is 5.70. The topological polar surface area (TPSA) is 40.5 Å². The highest BCUT2D eigenvalue weighted by Crippen LogP contribution is 2.36. The second kappa shape index (κ2) is 3.89. The zero-order valence-electron chi connectivity index (χ0n) is 8.67. The van der Waals surface area contributed by atoms with Crippen LogP contribution in [0.2, 0.25) is 0 Å². The second-order valence-electron chi connectivity index (χ2n) is 4.59. The molecule has 1 atom stereocenters. The van der Waals surface area contributed by atoms with Gasteiger partial charge in [0.2, 0.25) is 5.91 Å². The van der Waals surface area contributed by atoms with Crippen molar-refractivity contribution < 1.29 is 9.90 Å². The van der Waals surface area contributed by atoms with E-state index in [1.54, 1.807) is 0 Å². The van der Waals surface area contributed by atoms with E-state index >= 15 is 0 Å². The molecule has 2 aliphatic rings. The van der Waals surface area contributed by atoms with Crippen molar-refractivity contribution in [1.82, 2.24) is 4.90 Å². The Hall–Kier alpha value is -0.570. The van der Waals surface area contributed by atoms with E-state index < -0.39 is 0 Å². The van der Waals surface area contributed by atoms with Gasteiger partial charge in [-0.15, -0.1) is 0 Å². The van der Waals surface area contributed by atoms with Crippen molar-refractivity contribution in [1.29, 1.82) is 0 Å². The maximum atomic E-state index is 11.8. The normalized spacial score (nSPS) is 33.8. The zero-order valence-corrected chi connectivity index (χ0v) is 8.67. The van der Waals surface area contributed by atoms with Crippen LogP contribution < -0.4 is 0 Å². The fraction of sp³-hybridized carbons (Fsp3) is 0.909. The first-order chi connectivity index (χ1) is 6.78. The molecule has 0 bridgehead atoms. The Labute approximate surface area is 85.1 Å².